The minimum atomic E-state index is -0.755. The van der Waals surface area contributed by atoms with Crippen LogP contribution in [0.1, 0.15) is 54.4 Å². The van der Waals surface area contributed by atoms with Crippen molar-refractivity contribution in [1.82, 2.24) is 0 Å². The Balaban J connectivity index is 2.36. The molecule has 2 nitrogen and oxygen atoms in total. The number of methoxy groups -OCH3 is 1. The molecule has 0 bridgehead atoms. The van der Waals surface area contributed by atoms with Crippen molar-refractivity contribution in [3.05, 3.63) is 35.1 Å². The molecule has 0 aromatic heterocycles. The fraction of sp³-hybridized carbons (Fsp3) is 0.562. The second-order valence-corrected chi connectivity index (χ2v) is 5.40. The number of carbonyl (C=O) groups is 1. The van der Waals surface area contributed by atoms with Crippen LogP contribution in [-0.2, 0) is 4.74 Å². The molecule has 1 aromatic rings. The maximum Gasteiger partial charge on any atom is 0.194 e. The van der Waals surface area contributed by atoms with Crippen LogP contribution in [0.2, 0.25) is 0 Å². The van der Waals surface area contributed by atoms with Crippen LogP contribution >= 0.6 is 0 Å². The topological polar surface area (TPSA) is 26.3 Å². The number of carbonyl (C=O) groups excluding carboxylic acids is 1. The third-order valence-corrected chi connectivity index (χ3v) is 4.16. The molecule has 0 radical (unpaired) electrons. The SMILES string of the molecule is COC1(C(=O)c2cc(F)ccc2C)CCCCCC1. The average molecular weight is 264 g/mol. The van der Waals surface area contributed by atoms with Crippen molar-refractivity contribution in [2.24, 2.45) is 0 Å². The van der Waals surface area contributed by atoms with Crippen molar-refractivity contribution in [2.45, 2.75) is 51.0 Å². The maximum atomic E-state index is 13.4. The molecule has 0 unspecified atom stereocenters. The molecule has 0 aliphatic heterocycles. The molecule has 0 N–H and O–H groups in total. The number of aryl methyl sites for hydroxylation is 1. The molecular weight excluding hydrogens is 243 g/mol. The summed E-state index contributed by atoms with van der Waals surface area (Å²) >= 11 is 0. The van der Waals surface area contributed by atoms with Crippen LogP contribution in [0.15, 0.2) is 18.2 Å². The van der Waals surface area contributed by atoms with Crippen LogP contribution in [0.3, 0.4) is 0 Å². The van der Waals surface area contributed by atoms with Gasteiger partial charge in [-0.1, -0.05) is 31.7 Å². The van der Waals surface area contributed by atoms with Crippen molar-refractivity contribution in [2.75, 3.05) is 7.11 Å². The Labute approximate surface area is 114 Å². The van der Waals surface area contributed by atoms with E-state index < -0.39 is 5.60 Å². The smallest absolute Gasteiger partial charge is 0.194 e. The predicted molar refractivity (Wildman–Crippen MR) is 72.9 cm³/mol. The molecule has 1 aliphatic carbocycles. The zero-order valence-electron chi connectivity index (χ0n) is 11.7. The number of hydrogen-bond donors (Lipinski definition) is 0. The molecule has 1 aliphatic rings. The molecule has 3 heteroatoms. The summed E-state index contributed by atoms with van der Waals surface area (Å²) < 4.78 is 19.0. The Hall–Kier alpha value is -1.22. The molecule has 0 atom stereocenters. The third kappa shape index (κ3) is 2.86. The van der Waals surface area contributed by atoms with Crippen molar-refractivity contribution in [1.29, 1.82) is 0 Å². The average Bonchev–Trinajstić information content (AvgIpc) is 2.67. The summed E-state index contributed by atoms with van der Waals surface area (Å²) in [5.41, 5.74) is 0.519. The number of benzene rings is 1. The zero-order valence-corrected chi connectivity index (χ0v) is 11.7. The lowest BCUT2D eigenvalue weighted by atomic mass is 9.84. The highest BCUT2D eigenvalue weighted by Crippen LogP contribution is 2.34. The molecule has 1 fully saturated rings. The third-order valence-electron chi connectivity index (χ3n) is 4.16. The molecule has 1 saturated carbocycles. The van der Waals surface area contributed by atoms with Gasteiger partial charge < -0.3 is 4.74 Å². The lowest BCUT2D eigenvalue weighted by Gasteiger charge is -2.30. The van der Waals surface area contributed by atoms with Crippen LogP contribution < -0.4 is 0 Å². The first kappa shape index (κ1) is 14.2. The first-order valence-corrected chi connectivity index (χ1v) is 6.95. The number of hydrogen-bond acceptors (Lipinski definition) is 2. The molecule has 19 heavy (non-hydrogen) atoms. The van der Waals surface area contributed by atoms with Gasteiger partial charge in [0.25, 0.3) is 0 Å². The van der Waals surface area contributed by atoms with Gasteiger partial charge in [0, 0.05) is 12.7 Å². The Morgan fingerprint density at radius 1 is 1.21 bits per heavy atom. The molecule has 0 spiro atoms. The number of Topliss-reactive ketones (excluding diaryl/α,β-unsaturated/α-hetero) is 1. The highest BCUT2D eigenvalue weighted by molar-refractivity contribution is 6.03. The second-order valence-electron chi connectivity index (χ2n) is 5.40. The summed E-state index contributed by atoms with van der Waals surface area (Å²) in [5, 5.41) is 0. The van der Waals surface area contributed by atoms with Gasteiger partial charge in [0.05, 0.1) is 0 Å². The van der Waals surface area contributed by atoms with Gasteiger partial charge in [-0.05, 0) is 37.5 Å². The number of rotatable bonds is 3. The van der Waals surface area contributed by atoms with E-state index >= 15 is 0 Å². The zero-order chi connectivity index (χ0) is 13.9. The van der Waals surface area contributed by atoms with Gasteiger partial charge in [0.2, 0.25) is 0 Å². The molecule has 0 saturated heterocycles. The fourth-order valence-corrected chi connectivity index (χ4v) is 2.91. The lowest BCUT2D eigenvalue weighted by molar-refractivity contribution is -0.00700. The standard InChI is InChI=1S/C16H21FO2/c1-12-7-8-13(17)11-14(12)15(18)16(19-2)9-5-3-4-6-10-16/h7-8,11H,3-6,9-10H2,1-2H3. The number of ether oxygens (including phenoxy) is 1. The summed E-state index contributed by atoms with van der Waals surface area (Å²) in [7, 11) is 1.60. The minimum Gasteiger partial charge on any atom is -0.370 e. The summed E-state index contributed by atoms with van der Waals surface area (Å²) in [6.45, 7) is 1.84. The van der Waals surface area contributed by atoms with Crippen LogP contribution in [0.4, 0.5) is 4.39 Å². The van der Waals surface area contributed by atoms with Crippen LogP contribution in [0.25, 0.3) is 0 Å². The van der Waals surface area contributed by atoms with E-state index in [1.165, 1.54) is 12.1 Å². The Morgan fingerprint density at radius 2 is 1.84 bits per heavy atom. The molecule has 1 aromatic carbocycles. The highest BCUT2D eigenvalue weighted by atomic mass is 19.1. The van der Waals surface area contributed by atoms with Crippen LogP contribution in [0.5, 0.6) is 0 Å². The number of halogens is 1. The van der Waals surface area contributed by atoms with Gasteiger partial charge in [-0.2, -0.15) is 0 Å². The number of ketones is 1. The second kappa shape index (κ2) is 5.83. The Morgan fingerprint density at radius 3 is 2.42 bits per heavy atom. The van der Waals surface area contributed by atoms with E-state index in [9.17, 15) is 9.18 Å². The van der Waals surface area contributed by atoms with E-state index in [-0.39, 0.29) is 11.6 Å². The van der Waals surface area contributed by atoms with Gasteiger partial charge in [0.1, 0.15) is 11.4 Å². The first-order valence-electron chi connectivity index (χ1n) is 6.95. The Kier molecular flexibility index (Phi) is 4.35. The lowest BCUT2D eigenvalue weighted by Crippen LogP contribution is -2.40. The van der Waals surface area contributed by atoms with E-state index in [2.05, 4.69) is 0 Å². The van der Waals surface area contributed by atoms with E-state index in [0.29, 0.717) is 5.56 Å². The van der Waals surface area contributed by atoms with E-state index in [4.69, 9.17) is 4.74 Å². The fourth-order valence-electron chi connectivity index (χ4n) is 2.91. The minimum absolute atomic E-state index is 0.0612. The van der Waals surface area contributed by atoms with Gasteiger partial charge in [-0.25, -0.2) is 4.39 Å². The highest BCUT2D eigenvalue weighted by Gasteiger charge is 2.39. The predicted octanol–water partition coefficient (Wildman–Crippen LogP) is 4.06. The maximum absolute atomic E-state index is 13.4. The van der Waals surface area contributed by atoms with E-state index in [1.54, 1.807) is 13.2 Å². The van der Waals surface area contributed by atoms with Gasteiger partial charge >= 0.3 is 0 Å². The van der Waals surface area contributed by atoms with Gasteiger partial charge in [-0.15, -0.1) is 0 Å². The molecule has 0 amide bonds. The summed E-state index contributed by atoms with van der Waals surface area (Å²) in [6, 6.07) is 4.38. The largest absolute Gasteiger partial charge is 0.370 e. The van der Waals surface area contributed by atoms with Crippen molar-refractivity contribution in [3.8, 4) is 0 Å². The summed E-state index contributed by atoms with van der Waals surface area (Å²) in [4.78, 5) is 12.8. The quantitative estimate of drug-likeness (QED) is 0.608. The van der Waals surface area contributed by atoms with Crippen molar-refractivity contribution in [3.63, 3.8) is 0 Å². The molecule has 104 valence electrons. The monoisotopic (exact) mass is 264 g/mol. The normalized spacial score (nSPS) is 18.9. The summed E-state index contributed by atoms with van der Waals surface area (Å²) in [5.74, 6) is -0.428. The van der Waals surface area contributed by atoms with Crippen molar-refractivity contribution >= 4 is 5.78 Å². The van der Waals surface area contributed by atoms with Crippen LogP contribution in [-0.4, -0.2) is 18.5 Å². The van der Waals surface area contributed by atoms with E-state index in [0.717, 1.165) is 44.1 Å². The molecule has 0 heterocycles. The molecule has 2 rings (SSSR count). The Bertz CT molecular complexity index is 460. The van der Waals surface area contributed by atoms with E-state index in [1.807, 2.05) is 6.92 Å². The van der Waals surface area contributed by atoms with Crippen LogP contribution in [0, 0.1) is 12.7 Å². The van der Waals surface area contributed by atoms with Gasteiger partial charge in [0.15, 0.2) is 5.78 Å². The molecular formula is C16H21FO2. The summed E-state index contributed by atoms with van der Waals surface area (Å²) in [6.07, 6.45) is 5.74. The van der Waals surface area contributed by atoms with Gasteiger partial charge in [-0.3, -0.25) is 4.79 Å². The van der Waals surface area contributed by atoms with Crippen molar-refractivity contribution < 1.29 is 13.9 Å². The first-order chi connectivity index (χ1) is 9.09.